The fourth-order valence-electron chi connectivity index (χ4n) is 3.34. The van der Waals surface area contributed by atoms with Crippen LogP contribution in [0.1, 0.15) is 12.0 Å². The molecule has 1 fully saturated rings. The molecule has 0 aromatic heterocycles. The van der Waals surface area contributed by atoms with Gasteiger partial charge in [0.15, 0.2) is 11.5 Å². The van der Waals surface area contributed by atoms with Gasteiger partial charge in [0.05, 0.1) is 6.04 Å². The number of nitrogens with zero attached hydrogens (tertiary/aromatic N) is 1. The van der Waals surface area contributed by atoms with Gasteiger partial charge in [0.25, 0.3) is 0 Å². The molecule has 0 saturated carbocycles. The highest BCUT2D eigenvalue weighted by Crippen LogP contribution is 2.35. The Morgan fingerprint density at radius 1 is 1.18 bits per heavy atom. The lowest BCUT2D eigenvalue weighted by Crippen LogP contribution is -2.39. The number of carbonyl (C=O) groups is 2. The van der Waals surface area contributed by atoms with E-state index in [2.05, 4.69) is 10.6 Å². The first-order chi connectivity index (χ1) is 13.5. The summed E-state index contributed by atoms with van der Waals surface area (Å²) in [7, 11) is 0. The second-order valence-electron chi connectivity index (χ2n) is 6.74. The van der Waals surface area contributed by atoms with Gasteiger partial charge in [0, 0.05) is 35.4 Å². The number of halogens is 1. The largest absolute Gasteiger partial charge is 0.486 e. The predicted molar refractivity (Wildman–Crippen MR) is 107 cm³/mol. The van der Waals surface area contributed by atoms with Gasteiger partial charge in [0.1, 0.15) is 13.2 Å². The monoisotopic (exact) mass is 401 g/mol. The fraction of sp³-hybridized carbons (Fsp3) is 0.300. The third kappa shape index (κ3) is 3.71. The van der Waals surface area contributed by atoms with E-state index >= 15 is 0 Å². The van der Waals surface area contributed by atoms with Crippen LogP contribution in [-0.2, 0) is 4.79 Å². The van der Waals surface area contributed by atoms with E-state index in [4.69, 9.17) is 21.1 Å². The van der Waals surface area contributed by atoms with Gasteiger partial charge in [-0.2, -0.15) is 0 Å². The highest BCUT2D eigenvalue weighted by Gasteiger charge is 2.32. The summed E-state index contributed by atoms with van der Waals surface area (Å²) in [6, 6.07) is 10.1. The van der Waals surface area contributed by atoms with Crippen LogP contribution in [0.2, 0.25) is 5.02 Å². The van der Waals surface area contributed by atoms with Crippen molar-refractivity contribution in [1.82, 2.24) is 5.32 Å². The second kappa shape index (κ2) is 7.59. The van der Waals surface area contributed by atoms with Crippen molar-refractivity contribution in [1.29, 1.82) is 0 Å². The quantitative estimate of drug-likeness (QED) is 0.826. The highest BCUT2D eigenvalue weighted by atomic mass is 35.5. The van der Waals surface area contributed by atoms with E-state index in [-0.39, 0.29) is 24.4 Å². The molecule has 1 saturated heterocycles. The minimum atomic E-state index is -0.368. The molecule has 2 aromatic rings. The Morgan fingerprint density at radius 3 is 2.79 bits per heavy atom. The second-order valence-corrected chi connectivity index (χ2v) is 7.15. The van der Waals surface area contributed by atoms with E-state index in [9.17, 15) is 9.59 Å². The Bertz CT molecular complexity index is 934. The summed E-state index contributed by atoms with van der Waals surface area (Å²) in [5, 5.41) is 6.22. The van der Waals surface area contributed by atoms with Crippen LogP contribution < -0.4 is 25.0 Å². The molecule has 146 valence electrons. The van der Waals surface area contributed by atoms with E-state index in [1.54, 1.807) is 35.2 Å². The lowest BCUT2D eigenvalue weighted by molar-refractivity contribution is -0.117. The Balaban J connectivity index is 1.40. The van der Waals surface area contributed by atoms with Gasteiger partial charge in [-0.3, -0.25) is 4.79 Å². The van der Waals surface area contributed by atoms with E-state index in [1.165, 1.54) is 0 Å². The number of fused-ring (bicyclic) bond motifs is 1. The average Bonchev–Trinajstić information content (AvgIpc) is 3.05. The molecular weight excluding hydrogens is 382 g/mol. The molecule has 2 aliphatic rings. The highest BCUT2D eigenvalue weighted by molar-refractivity contribution is 6.31. The van der Waals surface area contributed by atoms with Gasteiger partial charge < -0.3 is 25.0 Å². The van der Waals surface area contributed by atoms with Crippen molar-refractivity contribution < 1.29 is 19.1 Å². The lowest BCUT2D eigenvalue weighted by atomic mass is 10.2. The molecule has 0 radical (unpaired) electrons. The molecule has 1 atom stereocenters. The van der Waals surface area contributed by atoms with Gasteiger partial charge in [-0.15, -0.1) is 0 Å². The smallest absolute Gasteiger partial charge is 0.319 e. The van der Waals surface area contributed by atoms with Crippen LogP contribution in [0, 0.1) is 6.92 Å². The third-order valence-corrected chi connectivity index (χ3v) is 5.22. The number of hydrogen-bond donors (Lipinski definition) is 2. The van der Waals surface area contributed by atoms with Crippen molar-refractivity contribution in [3.8, 4) is 11.5 Å². The number of hydrogen-bond acceptors (Lipinski definition) is 4. The van der Waals surface area contributed by atoms with Gasteiger partial charge in [0.2, 0.25) is 5.91 Å². The maximum Gasteiger partial charge on any atom is 0.319 e. The number of carbonyl (C=O) groups excluding carboxylic acids is 2. The lowest BCUT2D eigenvalue weighted by Gasteiger charge is -2.22. The van der Waals surface area contributed by atoms with E-state index < -0.39 is 0 Å². The summed E-state index contributed by atoms with van der Waals surface area (Å²) in [4.78, 5) is 26.4. The van der Waals surface area contributed by atoms with Crippen LogP contribution in [0.5, 0.6) is 11.5 Å². The number of rotatable bonds is 3. The number of nitrogens with one attached hydrogen (secondary N) is 2. The molecular formula is C20H20ClN3O4. The van der Waals surface area contributed by atoms with Crippen molar-refractivity contribution >= 4 is 34.9 Å². The Kier molecular flexibility index (Phi) is 5.00. The molecule has 0 spiro atoms. The van der Waals surface area contributed by atoms with Gasteiger partial charge in [-0.25, -0.2) is 4.79 Å². The fourth-order valence-corrected chi connectivity index (χ4v) is 3.51. The standard InChI is InChI=1S/C20H20ClN3O4/c1-12-15(21)3-2-4-16(12)23-20(26)22-13-9-19(25)24(11-13)14-5-6-17-18(10-14)28-8-7-27-17/h2-6,10,13H,7-9,11H2,1H3,(H2,22,23,26)/t13-/m1/s1. The first-order valence-electron chi connectivity index (χ1n) is 9.04. The zero-order chi connectivity index (χ0) is 19.7. The molecule has 0 unspecified atom stereocenters. The van der Waals surface area contributed by atoms with Crippen molar-refractivity contribution in [3.63, 3.8) is 0 Å². The van der Waals surface area contributed by atoms with Crippen LogP contribution in [0.4, 0.5) is 16.2 Å². The maximum atomic E-state index is 12.5. The Morgan fingerprint density at radius 2 is 1.96 bits per heavy atom. The maximum absolute atomic E-state index is 12.5. The van der Waals surface area contributed by atoms with Crippen LogP contribution in [-0.4, -0.2) is 37.7 Å². The molecule has 2 heterocycles. The minimum Gasteiger partial charge on any atom is -0.486 e. The Labute approximate surface area is 167 Å². The van der Waals surface area contributed by atoms with Crippen molar-refractivity contribution in [2.24, 2.45) is 0 Å². The van der Waals surface area contributed by atoms with Crippen molar-refractivity contribution in [3.05, 3.63) is 47.0 Å². The summed E-state index contributed by atoms with van der Waals surface area (Å²) < 4.78 is 11.1. The molecule has 2 aromatic carbocycles. The zero-order valence-corrected chi connectivity index (χ0v) is 16.1. The van der Waals surface area contributed by atoms with Crippen LogP contribution in [0.15, 0.2) is 36.4 Å². The van der Waals surface area contributed by atoms with Crippen LogP contribution in [0.25, 0.3) is 0 Å². The first-order valence-corrected chi connectivity index (χ1v) is 9.42. The summed E-state index contributed by atoms with van der Waals surface area (Å²) in [5.41, 5.74) is 2.15. The van der Waals surface area contributed by atoms with Gasteiger partial charge in [-0.1, -0.05) is 17.7 Å². The Hall–Kier alpha value is -2.93. The molecule has 8 heteroatoms. The molecule has 7 nitrogen and oxygen atoms in total. The summed E-state index contributed by atoms with van der Waals surface area (Å²) in [6.45, 7) is 3.22. The van der Waals surface area contributed by atoms with E-state index in [0.29, 0.717) is 42.0 Å². The molecule has 0 aliphatic carbocycles. The molecule has 4 rings (SSSR count). The van der Waals surface area contributed by atoms with Crippen molar-refractivity contribution in [2.75, 3.05) is 30.0 Å². The average molecular weight is 402 g/mol. The van der Waals surface area contributed by atoms with E-state index in [1.807, 2.05) is 13.0 Å². The zero-order valence-electron chi connectivity index (χ0n) is 15.3. The normalized spacial score (nSPS) is 18.1. The number of ether oxygens (including phenoxy) is 2. The molecule has 0 bridgehead atoms. The number of benzene rings is 2. The SMILES string of the molecule is Cc1c(Cl)cccc1NC(=O)N[C@@H]1CC(=O)N(c2ccc3c(c2)OCCO3)C1. The van der Waals surface area contributed by atoms with Crippen molar-refractivity contribution in [2.45, 2.75) is 19.4 Å². The summed E-state index contributed by atoms with van der Waals surface area (Å²) in [6.07, 6.45) is 0.233. The summed E-state index contributed by atoms with van der Waals surface area (Å²) >= 11 is 6.08. The number of urea groups is 1. The predicted octanol–water partition coefficient (Wildman–Crippen LogP) is 3.35. The third-order valence-electron chi connectivity index (χ3n) is 4.81. The van der Waals surface area contributed by atoms with E-state index in [0.717, 1.165) is 11.3 Å². The molecule has 28 heavy (non-hydrogen) atoms. The molecule has 2 N–H and O–H groups in total. The molecule has 3 amide bonds. The van der Waals surface area contributed by atoms with Gasteiger partial charge >= 0.3 is 6.03 Å². The first kappa shape index (κ1) is 18.4. The molecule has 2 aliphatic heterocycles. The van der Waals surface area contributed by atoms with Crippen LogP contribution >= 0.6 is 11.6 Å². The number of anilines is 2. The van der Waals surface area contributed by atoms with Gasteiger partial charge in [-0.05, 0) is 36.8 Å². The van der Waals surface area contributed by atoms with Crippen LogP contribution in [0.3, 0.4) is 0 Å². The minimum absolute atomic E-state index is 0.0547. The number of amides is 3. The topological polar surface area (TPSA) is 79.9 Å². The summed E-state index contributed by atoms with van der Waals surface area (Å²) in [5.74, 6) is 1.25.